The molecular formula is C16H18N2O. The predicted octanol–water partition coefficient (Wildman–Crippen LogP) is 3.01. The van der Waals surface area contributed by atoms with Gasteiger partial charge in [0.05, 0.1) is 0 Å². The first kappa shape index (κ1) is 13.1. The van der Waals surface area contributed by atoms with Crippen molar-refractivity contribution >= 4 is 11.6 Å². The molecule has 1 amide bonds. The molecule has 3 heteroatoms. The first-order valence-corrected chi connectivity index (χ1v) is 6.27. The molecule has 0 radical (unpaired) electrons. The molecule has 98 valence electrons. The third kappa shape index (κ3) is 2.94. The molecule has 0 aromatic heterocycles. The Balaban J connectivity index is 2.19. The van der Waals surface area contributed by atoms with Crippen LogP contribution in [0.4, 0.5) is 5.69 Å². The Labute approximate surface area is 113 Å². The summed E-state index contributed by atoms with van der Waals surface area (Å²) in [7, 11) is 0. The molecule has 0 saturated carbocycles. The Morgan fingerprint density at radius 3 is 2.53 bits per heavy atom. The van der Waals surface area contributed by atoms with Crippen LogP contribution >= 0.6 is 0 Å². The summed E-state index contributed by atoms with van der Waals surface area (Å²) in [6.45, 7) is 4.72. The van der Waals surface area contributed by atoms with E-state index in [0.29, 0.717) is 5.56 Å². The molecular weight excluding hydrogens is 236 g/mol. The number of benzene rings is 2. The topological polar surface area (TPSA) is 55.1 Å². The van der Waals surface area contributed by atoms with Gasteiger partial charge in [0, 0.05) is 17.8 Å². The molecule has 0 unspecified atom stereocenters. The van der Waals surface area contributed by atoms with Crippen LogP contribution in [0.15, 0.2) is 42.5 Å². The van der Waals surface area contributed by atoms with Gasteiger partial charge in [-0.3, -0.25) is 4.79 Å². The maximum atomic E-state index is 11.3. The Morgan fingerprint density at radius 1 is 1.11 bits per heavy atom. The van der Waals surface area contributed by atoms with Crippen molar-refractivity contribution in [3.63, 3.8) is 0 Å². The molecule has 2 rings (SSSR count). The summed E-state index contributed by atoms with van der Waals surface area (Å²) in [5.74, 6) is -0.392. The van der Waals surface area contributed by atoms with Crippen LogP contribution in [0.2, 0.25) is 0 Å². The highest BCUT2D eigenvalue weighted by atomic mass is 16.1. The molecule has 0 heterocycles. The van der Waals surface area contributed by atoms with Crippen LogP contribution < -0.4 is 11.1 Å². The number of primary amides is 1. The molecule has 0 saturated heterocycles. The number of nitrogens with one attached hydrogen (secondary N) is 1. The second-order valence-electron chi connectivity index (χ2n) is 4.62. The number of aryl methyl sites for hydroxylation is 1. The highest BCUT2D eigenvalue weighted by molar-refractivity contribution is 5.95. The normalized spacial score (nSPS) is 10.2. The molecule has 0 fully saturated rings. The van der Waals surface area contributed by atoms with Gasteiger partial charge < -0.3 is 11.1 Å². The highest BCUT2D eigenvalue weighted by Gasteiger charge is 2.08. The van der Waals surface area contributed by atoms with Crippen molar-refractivity contribution in [1.82, 2.24) is 0 Å². The van der Waals surface area contributed by atoms with E-state index >= 15 is 0 Å². The summed E-state index contributed by atoms with van der Waals surface area (Å²) >= 11 is 0. The lowest BCUT2D eigenvalue weighted by molar-refractivity contribution is 0.1000. The second-order valence-corrected chi connectivity index (χ2v) is 4.62. The third-order valence-electron chi connectivity index (χ3n) is 3.33. The molecule has 3 nitrogen and oxygen atoms in total. The van der Waals surface area contributed by atoms with Gasteiger partial charge in [-0.25, -0.2) is 0 Å². The number of carbonyl (C=O) groups is 1. The van der Waals surface area contributed by atoms with E-state index in [2.05, 4.69) is 24.4 Å². The fourth-order valence-electron chi connectivity index (χ4n) is 2.09. The van der Waals surface area contributed by atoms with Crippen LogP contribution in [0.25, 0.3) is 0 Å². The standard InChI is InChI=1S/C16H18N2O/c1-11-6-3-4-7-13(11)10-18-15-9-5-8-14(12(15)2)16(17)19/h3-9,18H,10H2,1-2H3,(H2,17,19). The van der Waals surface area contributed by atoms with Crippen LogP contribution in [0.3, 0.4) is 0 Å². The van der Waals surface area contributed by atoms with Gasteiger partial charge >= 0.3 is 0 Å². The van der Waals surface area contributed by atoms with Crippen molar-refractivity contribution in [1.29, 1.82) is 0 Å². The van der Waals surface area contributed by atoms with E-state index in [-0.39, 0.29) is 0 Å². The average Bonchev–Trinajstić information content (AvgIpc) is 2.39. The van der Waals surface area contributed by atoms with Gasteiger partial charge in [0.15, 0.2) is 0 Å². The van der Waals surface area contributed by atoms with Gasteiger partial charge in [0.2, 0.25) is 5.91 Å². The quantitative estimate of drug-likeness (QED) is 0.881. The second kappa shape index (κ2) is 5.57. The Kier molecular flexibility index (Phi) is 3.85. The van der Waals surface area contributed by atoms with Crippen molar-refractivity contribution in [2.24, 2.45) is 5.73 Å². The summed E-state index contributed by atoms with van der Waals surface area (Å²) in [6.07, 6.45) is 0. The monoisotopic (exact) mass is 254 g/mol. The minimum Gasteiger partial charge on any atom is -0.381 e. The van der Waals surface area contributed by atoms with Crippen molar-refractivity contribution in [2.75, 3.05) is 5.32 Å². The van der Waals surface area contributed by atoms with Crippen LogP contribution in [0, 0.1) is 13.8 Å². The average molecular weight is 254 g/mol. The number of hydrogen-bond acceptors (Lipinski definition) is 2. The number of amides is 1. The van der Waals surface area contributed by atoms with E-state index in [9.17, 15) is 4.79 Å². The molecule has 0 aliphatic carbocycles. The summed E-state index contributed by atoms with van der Waals surface area (Å²) in [5.41, 5.74) is 10.2. The maximum absolute atomic E-state index is 11.3. The van der Waals surface area contributed by atoms with E-state index in [1.807, 2.05) is 31.2 Å². The minimum atomic E-state index is -0.392. The van der Waals surface area contributed by atoms with Gasteiger partial charge in [-0.2, -0.15) is 0 Å². The Hall–Kier alpha value is -2.29. The van der Waals surface area contributed by atoms with E-state index in [1.54, 1.807) is 6.07 Å². The van der Waals surface area contributed by atoms with Gasteiger partial charge in [-0.15, -0.1) is 0 Å². The first-order valence-electron chi connectivity index (χ1n) is 6.27. The molecule has 0 spiro atoms. The van der Waals surface area contributed by atoms with Gasteiger partial charge in [-0.1, -0.05) is 30.3 Å². The fourth-order valence-corrected chi connectivity index (χ4v) is 2.09. The smallest absolute Gasteiger partial charge is 0.249 e. The highest BCUT2D eigenvalue weighted by Crippen LogP contribution is 2.20. The van der Waals surface area contributed by atoms with Crippen LogP contribution in [-0.2, 0) is 6.54 Å². The largest absolute Gasteiger partial charge is 0.381 e. The molecule has 2 aromatic carbocycles. The van der Waals surface area contributed by atoms with Crippen molar-refractivity contribution in [3.05, 3.63) is 64.7 Å². The fraction of sp³-hybridized carbons (Fsp3) is 0.188. The number of rotatable bonds is 4. The lowest BCUT2D eigenvalue weighted by Gasteiger charge is -2.13. The zero-order chi connectivity index (χ0) is 13.8. The number of nitrogens with two attached hydrogens (primary N) is 1. The third-order valence-corrected chi connectivity index (χ3v) is 3.33. The van der Waals surface area contributed by atoms with Gasteiger partial charge in [0.1, 0.15) is 0 Å². The summed E-state index contributed by atoms with van der Waals surface area (Å²) in [5, 5.41) is 3.36. The molecule has 19 heavy (non-hydrogen) atoms. The number of anilines is 1. The summed E-state index contributed by atoms with van der Waals surface area (Å²) < 4.78 is 0. The Morgan fingerprint density at radius 2 is 1.84 bits per heavy atom. The molecule has 0 bridgehead atoms. The van der Waals surface area contributed by atoms with Crippen molar-refractivity contribution in [3.8, 4) is 0 Å². The lowest BCUT2D eigenvalue weighted by atomic mass is 10.1. The van der Waals surface area contributed by atoms with E-state index in [0.717, 1.165) is 17.8 Å². The van der Waals surface area contributed by atoms with E-state index in [1.165, 1.54) is 11.1 Å². The predicted molar refractivity (Wildman–Crippen MR) is 78.2 cm³/mol. The number of hydrogen-bond donors (Lipinski definition) is 2. The van der Waals surface area contributed by atoms with E-state index in [4.69, 9.17) is 5.73 Å². The van der Waals surface area contributed by atoms with Gasteiger partial charge in [0.25, 0.3) is 0 Å². The SMILES string of the molecule is Cc1ccccc1CNc1cccc(C(N)=O)c1C. The Bertz CT molecular complexity index is 605. The number of carbonyl (C=O) groups excluding carboxylic acids is 1. The molecule has 3 N–H and O–H groups in total. The first-order chi connectivity index (χ1) is 9.09. The van der Waals surface area contributed by atoms with Gasteiger partial charge in [-0.05, 0) is 42.7 Å². The van der Waals surface area contributed by atoms with E-state index < -0.39 is 5.91 Å². The summed E-state index contributed by atoms with van der Waals surface area (Å²) in [4.78, 5) is 11.3. The molecule has 0 aliphatic rings. The zero-order valence-corrected chi connectivity index (χ0v) is 11.2. The van der Waals surface area contributed by atoms with Crippen LogP contribution in [0.5, 0.6) is 0 Å². The van der Waals surface area contributed by atoms with Crippen molar-refractivity contribution < 1.29 is 4.79 Å². The molecule has 0 aliphatic heterocycles. The van der Waals surface area contributed by atoms with Crippen LogP contribution in [-0.4, -0.2) is 5.91 Å². The molecule has 0 atom stereocenters. The molecule has 2 aromatic rings. The summed E-state index contributed by atoms with van der Waals surface area (Å²) in [6, 6.07) is 13.8. The maximum Gasteiger partial charge on any atom is 0.249 e. The van der Waals surface area contributed by atoms with Crippen LogP contribution in [0.1, 0.15) is 27.0 Å². The van der Waals surface area contributed by atoms with Crippen molar-refractivity contribution in [2.45, 2.75) is 20.4 Å². The minimum absolute atomic E-state index is 0.392. The lowest BCUT2D eigenvalue weighted by Crippen LogP contribution is -2.14. The zero-order valence-electron chi connectivity index (χ0n) is 11.2.